The van der Waals surface area contributed by atoms with Gasteiger partial charge in [0.2, 0.25) is 5.91 Å². The summed E-state index contributed by atoms with van der Waals surface area (Å²) in [5, 5.41) is 5.12. The van der Waals surface area contributed by atoms with Gasteiger partial charge in [0.25, 0.3) is 0 Å². The lowest BCUT2D eigenvalue weighted by Gasteiger charge is -2.37. The van der Waals surface area contributed by atoms with Crippen LogP contribution in [0.2, 0.25) is 0 Å². The Bertz CT molecular complexity index is 618. The van der Waals surface area contributed by atoms with Crippen molar-refractivity contribution in [3.05, 3.63) is 0 Å². The lowest BCUT2D eigenvalue weighted by Crippen LogP contribution is -2.47. The number of esters is 1. The van der Waals surface area contributed by atoms with E-state index in [0.717, 1.165) is 25.7 Å². The highest BCUT2D eigenvalue weighted by Crippen LogP contribution is 2.47. The number of nitrogens with zero attached hydrogens (tertiary/aromatic N) is 1. The average Bonchev–Trinajstić information content (AvgIpc) is 3.08. The second-order valence-electron chi connectivity index (χ2n) is 7.77. The Labute approximate surface area is 158 Å². The number of nitrogens with one attached hydrogen (secondary N) is 2. The monoisotopic (exact) mass is 381 g/mol. The maximum Gasteiger partial charge on any atom is 0.418 e. The van der Waals surface area contributed by atoms with Crippen LogP contribution in [0.1, 0.15) is 44.9 Å². The second-order valence-corrected chi connectivity index (χ2v) is 7.77. The summed E-state index contributed by atoms with van der Waals surface area (Å²) in [4.78, 5) is 49.8. The number of methoxy groups -OCH3 is 1. The summed E-state index contributed by atoms with van der Waals surface area (Å²) in [6.07, 6.45) is 4.18. The van der Waals surface area contributed by atoms with Crippen molar-refractivity contribution in [1.82, 2.24) is 15.5 Å². The van der Waals surface area contributed by atoms with Crippen LogP contribution < -0.4 is 10.6 Å². The minimum Gasteiger partial charge on any atom is -0.467 e. The first kappa shape index (κ1) is 19.4. The van der Waals surface area contributed by atoms with E-state index in [1.165, 1.54) is 13.5 Å². The molecule has 0 aromatic carbocycles. The summed E-state index contributed by atoms with van der Waals surface area (Å²) in [7, 11) is 1.21. The molecule has 0 aromatic rings. The molecule has 0 aromatic heterocycles. The number of likely N-dealkylation sites (tertiary alicyclic amines) is 1. The third kappa shape index (κ3) is 4.51. The summed E-state index contributed by atoms with van der Waals surface area (Å²) in [5.41, 5.74) is 0.207. The molecule has 0 unspecified atom stereocenters. The Morgan fingerprint density at radius 1 is 1.30 bits per heavy atom. The van der Waals surface area contributed by atoms with Crippen molar-refractivity contribution in [2.75, 3.05) is 26.7 Å². The Kier molecular flexibility index (Phi) is 5.86. The van der Waals surface area contributed by atoms with Gasteiger partial charge >= 0.3 is 18.2 Å². The van der Waals surface area contributed by atoms with Gasteiger partial charge < -0.3 is 25.0 Å². The van der Waals surface area contributed by atoms with Crippen LogP contribution in [0.15, 0.2) is 0 Å². The van der Waals surface area contributed by atoms with E-state index >= 15 is 0 Å². The highest BCUT2D eigenvalue weighted by Gasteiger charge is 2.45. The summed E-state index contributed by atoms with van der Waals surface area (Å²) in [6.45, 7) is 1.80. The van der Waals surface area contributed by atoms with Crippen LogP contribution in [0.5, 0.6) is 0 Å². The van der Waals surface area contributed by atoms with Gasteiger partial charge in [0, 0.05) is 25.6 Å². The molecule has 2 N–H and O–H groups in total. The van der Waals surface area contributed by atoms with E-state index in [1.807, 2.05) is 0 Å². The Morgan fingerprint density at radius 3 is 2.67 bits per heavy atom. The zero-order valence-corrected chi connectivity index (χ0v) is 15.6. The molecule has 2 aliphatic heterocycles. The third-order valence-corrected chi connectivity index (χ3v) is 5.99. The van der Waals surface area contributed by atoms with Gasteiger partial charge in [-0.3, -0.25) is 4.79 Å². The number of alkyl carbamates (subject to hydrolysis) is 1. The van der Waals surface area contributed by atoms with Crippen LogP contribution in [0.3, 0.4) is 0 Å². The van der Waals surface area contributed by atoms with Crippen molar-refractivity contribution in [3.63, 3.8) is 0 Å². The summed E-state index contributed by atoms with van der Waals surface area (Å²) < 4.78 is 9.57. The van der Waals surface area contributed by atoms with E-state index in [1.54, 1.807) is 4.90 Å². The summed E-state index contributed by atoms with van der Waals surface area (Å²) >= 11 is 0. The molecule has 3 rings (SSSR count). The van der Waals surface area contributed by atoms with Crippen LogP contribution in [0.4, 0.5) is 9.59 Å². The number of ether oxygens (including phenoxy) is 2. The van der Waals surface area contributed by atoms with E-state index in [4.69, 9.17) is 9.47 Å². The van der Waals surface area contributed by atoms with Crippen LogP contribution >= 0.6 is 0 Å². The Hall–Kier alpha value is -2.32. The normalized spacial score (nSPS) is 24.6. The molecule has 1 spiro atoms. The number of piperidine rings is 1. The highest BCUT2D eigenvalue weighted by molar-refractivity contribution is 5.88. The lowest BCUT2D eigenvalue weighted by molar-refractivity contribution is -0.143. The predicted molar refractivity (Wildman–Crippen MR) is 93.6 cm³/mol. The first-order valence-corrected chi connectivity index (χ1v) is 9.55. The molecule has 2 heterocycles. The highest BCUT2D eigenvalue weighted by atomic mass is 16.6. The average molecular weight is 381 g/mol. The zero-order valence-electron chi connectivity index (χ0n) is 15.6. The molecule has 3 aliphatic rings. The van der Waals surface area contributed by atoms with Gasteiger partial charge in [-0.1, -0.05) is 6.42 Å². The molecular formula is C18H27N3O6. The van der Waals surface area contributed by atoms with Gasteiger partial charge in [0.1, 0.15) is 6.04 Å². The molecular weight excluding hydrogens is 354 g/mol. The fraction of sp³-hybridized carbons (Fsp3) is 0.778. The topological polar surface area (TPSA) is 114 Å². The largest absolute Gasteiger partial charge is 0.467 e. The number of rotatable bonds is 4. The van der Waals surface area contributed by atoms with Gasteiger partial charge in [0.15, 0.2) is 0 Å². The quantitative estimate of drug-likeness (QED) is 0.558. The number of carbonyl (C=O) groups excluding carboxylic acids is 4. The fourth-order valence-corrected chi connectivity index (χ4v) is 4.19. The fourth-order valence-electron chi connectivity index (χ4n) is 4.19. The van der Waals surface area contributed by atoms with Gasteiger partial charge in [0.05, 0.1) is 7.11 Å². The van der Waals surface area contributed by atoms with Gasteiger partial charge in [-0.2, -0.15) is 0 Å². The van der Waals surface area contributed by atoms with Crippen molar-refractivity contribution >= 4 is 24.1 Å². The van der Waals surface area contributed by atoms with Gasteiger partial charge in [-0.25, -0.2) is 14.4 Å². The van der Waals surface area contributed by atoms with Crippen molar-refractivity contribution < 1.29 is 28.7 Å². The van der Waals surface area contributed by atoms with E-state index in [-0.39, 0.29) is 17.7 Å². The molecule has 1 saturated carbocycles. The van der Waals surface area contributed by atoms with Crippen LogP contribution in [0.25, 0.3) is 0 Å². The molecule has 3 fully saturated rings. The van der Waals surface area contributed by atoms with Crippen molar-refractivity contribution in [2.45, 2.75) is 51.0 Å². The predicted octanol–water partition coefficient (Wildman–Crippen LogP) is 1.17. The smallest absolute Gasteiger partial charge is 0.418 e. The Morgan fingerprint density at radius 2 is 2.07 bits per heavy atom. The maximum atomic E-state index is 12.2. The van der Waals surface area contributed by atoms with Crippen LogP contribution in [-0.2, 0) is 19.1 Å². The zero-order chi connectivity index (χ0) is 19.4. The second kappa shape index (κ2) is 8.14. The minimum absolute atomic E-state index is 0.106. The van der Waals surface area contributed by atoms with E-state index in [2.05, 4.69) is 10.6 Å². The standard InChI is InChI=1S/C18H27N3O6/c1-26-15(23)13(10-12-4-2-8-19-14(12)22)20-16(24)27-17(25)21-9-7-18(11-21)5-3-6-18/h12-13H,2-11H2,1H3,(H,19,22)(H,20,24)/t12-,13-/m0/s1. The number of hydrogen-bond donors (Lipinski definition) is 2. The van der Waals surface area contributed by atoms with Gasteiger partial charge in [-0.05, 0) is 43.9 Å². The summed E-state index contributed by atoms with van der Waals surface area (Å²) in [6, 6.07) is -1.04. The molecule has 2 saturated heterocycles. The van der Waals surface area contributed by atoms with Crippen molar-refractivity contribution in [2.24, 2.45) is 11.3 Å². The molecule has 2 atom stereocenters. The molecule has 3 amide bonds. The first-order chi connectivity index (χ1) is 12.9. The molecule has 9 heteroatoms. The molecule has 0 bridgehead atoms. The van der Waals surface area contributed by atoms with E-state index in [0.29, 0.717) is 26.1 Å². The Balaban J connectivity index is 1.51. The van der Waals surface area contributed by atoms with Gasteiger partial charge in [-0.15, -0.1) is 0 Å². The molecule has 150 valence electrons. The van der Waals surface area contributed by atoms with E-state index < -0.39 is 30.1 Å². The summed E-state index contributed by atoms with van der Waals surface area (Å²) in [5.74, 6) is -1.22. The van der Waals surface area contributed by atoms with Crippen LogP contribution in [-0.4, -0.2) is 61.7 Å². The number of amides is 3. The van der Waals surface area contributed by atoms with Crippen molar-refractivity contribution in [1.29, 1.82) is 0 Å². The molecule has 27 heavy (non-hydrogen) atoms. The van der Waals surface area contributed by atoms with Crippen molar-refractivity contribution in [3.8, 4) is 0 Å². The molecule has 9 nitrogen and oxygen atoms in total. The maximum absolute atomic E-state index is 12.2. The number of hydrogen-bond acceptors (Lipinski definition) is 6. The molecule has 0 radical (unpaired) electrons. The third-order valence-electron chi connectivity index (χ3n) is 5.99. The SMILES string of the molecule is COC(=O)[C@H](C[C@@H]1CCCNC1=O)NC(=O)OC(=O)N1CCC2(CCC2)C1. The minimum atomic E-state index is -1.04. The number of carbonyl (C=O) groups is 4. The van der Waals surface area contributed by atoms with E-state index in [9.17, 15) is 19.2 Å². The first-order valence-electron chi connectivity index (χ1n) is 9.55. The lowest BCUT2D eigenvalue weighted by atomic mass is 9.68. The molecule has 1 aliphatic carbocycles. The van der Waals surface area contributed by atoms with Crippen LogP contribution in [0, 0.1) is 11.3 Å².